The monoisotopic (exact) mass is 385 g/mol. The number of nitrogens with zero attached hydrogens (tertiary/aromatic N) is 1. The molecule has 150 valence electrons. The van der Waals surface area contributed by atoms with Gasteiger partial charge in [0.05, 0.1) is 0 Å². The highest BCUT2D eigenvalue weighted by atomic mass is 16.3. The maximum atomic E-state index is 12.2. The van der Waals surface area contributed by atoms with Gasteiger partial charge in [0.1, 0.15) is 5.60 Å². The van der Waals surface area contributed by atoms with Crippen LogP contribution >= 0.6 is 0 Å². The van der Waals surface area contributed by atoms with Crippen molar-refractivity contribution in [3.8, 4) is 0 Å². The van der Waals surface area contributed by atoms with Crippen molar-refractivity contribution >= 4 is 0 Å². The van der Waals surface area contributed by atoms with Gasteiger partial charge in [-0.05, 0) is 68.0 Å². The van der Waals surface area contributed by atoms with E-state index in [2.05, 4.69) is 62.1 Å². The van der Waals surface area contributed by atoms with E-state index in [0.717, 1.165) is 37.1 Å². The second-order valence-electron chi connectivity index (χ2n) is 8.50. The SMILES string of the molecule is Cc1cc(C)c(CN2CCC[C@H]2C(O)(c2ccccc2)c2ccccc2)c(C)c1. The predicted molar refractivity (Wildman–Crippen MR) is 120 cm³/mol. The number of benzene rings is 3. The van der Waals surface area contributed by atoms with Gasteiger partial charge in [-0.2, -0.15) is 0 Å². The van der Waals surface area contributed by atoms with Crippen LogP contribution in [0, 0.1) is 20.8 Å². The van der Waals surface area contributed by atoms with Crippen molar-refractivity contribution < 1.29 is 5.11 Å². The molecule has 0 unspecified atom stereocenters. The fraction of sp³-hybridized carbons (Fsp3) is 0.333. The Balaban J connectivity index is 1.75. The first-order valence-corrected chi connectivity index (χ1v) is 10.6. The number of rotatable bonds is 5. The molecule has 1 atom stereocenters. The van der Waals surface area contributed by atoms with E-state index in [1.807, 2.05) is 36.4 Å². The third-order valence-corrected chi connectivity index (χ3v) is 6.48. The Bertz CT molecular complexity index is 902. The minimum atomic E-state index is -1.02. The molecule has 0 bridgehead atoms. The highest BCUT2D eigenvalue weighted by Gasteiger charge is 2.45. The van der Waals surface area contributed by atoms with Crippen LogP contribution in [0.25, 0.3) is 0 Å². The molecule has 3 aromatic rings. The molecule has 2 heteroatoms. The summed E-state index contributed by atoms with van der Waals surface area (Å²) < 4.78 is 0. The molecule has 0 radical (unpaired) electrons. The van der Waals surface area contributed by atoms with Crippen LogP contribution < -0.4 is 0 Å². The number of hydrogen-bond acceptors (Lipinski definition) is 2. The molecular formula is C27H31NO. The first-order valence-electron chi connectivity index (χ1n) is 10.6. The lowest BCUT2D eigenvalue weighted by atomic mass is 9.79. The van der Waals surface area contributed by atoms with E-state index < -0.39 is 5.60 Å². The van der Waals surface area contributed by atoms with Gasteiger partial charge >= 0.3 is 0 Å². The van der Waals surface area contributed by atoms with Crippen LogP contribution in [0.3, 0.4) is 0 Å². The van der Waals surface area contributed by atoms with Crippen LogP contribution in [0.15, 0.2) is 72.8 Å². The molecule has 1 fully saturated rings. The Hall–Kier alpha value is -2.42. The molecule has 29 heavy (non-hydrogen) atoms. The molecule has 1 aliphatic heterocycles. The molecule has 1 N–H and O–H groups in total. The summed E-state index contributed by atoms with van der Waals surface area (Å²) in [5.74, 6) is 0. The molecule has 0 aliphatic carbocycles. The van der Waals surface area contributed by atoms with Crippen molar-refractivity contribution in [2.75, 3.05) is 6.54 Å². The number of likely N-dealkylation sites (tertiary alicyclic amines) is 1. The van der Waals surface area contributed by atoms with Gasteiger partial charge in [-0.3, -0.25) is 4.90 Å². The topological polar surface area (TPSA) is 23.5 Å². The van der Waals surface area contributed by atoms with E-state index >= 15 is 0 Å². The van der Waals surface area contributed by atoms with Gasteiger partial charge < -0.3 is 5.11 Å². The molecule has 0 aromatic heterocycles. The van der Waals surface area contributed by atoms with Crippen LogP contribution in [0.4, 0.5) is 0 Å². The third kappa shape index (κ3) is 3.75. The summed E-state index contributed by atoms with van der Waals surface area (Å²) in [6, 6.07) is 25.0. The normalized spacial score (nSPS) is 17.6. The number of aliphatic hydroxyl groups is 1. The summed E-state index contributed by atoms with van der Waals surface area (Å²) in [7, 11) is 0. The molecule has 4 rings (SSSR count). The molecule has 1 heterocycles. The Labute approximate surface area is 174 Å². The quantitative estimate of drug-likeness (QED) is 0.626. The Kier molecular flexibility index (Phi) is 5.58. The summed E-state index contributed by atoms with van der Waals surface area (Å²) in [5.41, 5.74) is 6.32. The molecule has 0 amide bonds. The summed E-state index contributed by atoms with van der Waals surface area (Å²) in [6.07, 6.45) is 2.10. The van der Waals surface area contributed by atoms with Gasteiger partial charge in [0, 0.05) is 12.6 Å². The molecule has 1 saturated heterocycles. The van der Waals surface area contributed by atoms with Crippen molar-refractivity contribution in [1.29, 1.82) is 0 Å². The van der Waals surface area contributed by atoms with E-state index in [0.29, 0.717) is 0 Å². The summed E-state index contributed by atoms with van der Waals surface area (Å²) in [4.78, 5) is 2.49. The molecular weight excluding hydrogens is 354 g/mol. The van der Waals surface area contributed by atoms with Crippen molar-refractivity contribution in [3.63, 3.8) is 0 Å². The minimum absolute atomic E-state index is 0.0485. The first-order chi connectivity index (χ1) is 14.0. The fourth-order valence-corrected chi connectivity index (χ4v) is 5.09. The molecule has 0 spiro atoms. The lowest BCUT2D eigenvalue weighted by molar-refractivity contribution is -0.00664. The highest BCUT2D eigenvalue weighted by molar-refractivity contribution is 5.40. The van der Waals surface area contributed by atoms with Crippen LogP contribution in [0.5, 0.6) is 0 Å². The van der Waals surface area contributed by atoms with Crippen LogP contribution in [0.1, 0.15) is 46.2 Å². The third-order valence-electron chi connectivity index (χ3n) is 6.48. The molecule has 1 aliphatic rings. The molecule has 0 saturated carbocycles. The van der Waals surface area contributed by atoms with E-state index in [1.54, 1.807) is 0 Å². The summed E-state index contributed by atoms with van der Waals surface area (Å²) in [5, 5.41) is 12.2. The van der Waals surface area contributed by atoms with E-state index in [1.165, 1.54) is 22.3 Å². The molecule has 2 nitrogen and oxygen atoms in total. The number of hydrogen-bond donors (Lipinski definition) is 1. The second-order valence-corrected chi connectivity index (χ2v) is 8.50. The first kappa shape index (κ1) is 19.9. The van der Waals surface area contributed by atoms with E-state index in [-0.39, 0.29) is 6.04 Å². The average Bonchev–Trinajstić information content (AvgIpc) is 3.20. The van der Waals surface area contributed by atoms with Crippen molar-refractivity contribution in [2.24, 2.45) is 0 Å². The Morgan fingerprint density at radius 2 is 1.38 bits per heavy atom. The summed E-state index contributed by atoms with van der Waals surface area (Å²) in [6.45, 7) is 8.47. The van der Waals surface area contributed by atoms with Crippen molar-refractivity contribution in [1.82, 2.24) is 4.90 Å². The van der Waals surface area contributed by atoms with Gasteiger partial charge in [0.2, 0.25) is 0 Å². The minimum Gasteiger partial charge on any atom is -0.379 e. The van der Waals surface area contributed by atoms with Crippen LogP contribution in [-0.2, 0) is 12.1 Å². The lowest BCUT2D eigenvalue weighted by Gasteiger charge is -2.40. The van der Waals surface area contributed by atoms with Gasteiger partial charge in [-0.25, -0.2) is 0 Å². The zero-order valence-electron chi connectivity index (χ0n) is 17.7. The van der Waals surface area contributed by atoms with Crippen LogP contribution in [0.2, 0.25) is 0 Å². The van der Waals surface area contributed by atoms with E-state index in [9.17, 15) is 5.11 Å². The van der Waals surface area contributed by atoms with Crippen molar-refractivity contribution in [2.45, 2.75) is 51.8 Å². The summed E-state index contributed by atoms with van der Waals surface area (Å²) >= 11 is 0. The van der Waals surface area contributed by atoms with Crippen LogP contribution in [-0.4, -0.2) is 22.6 Å². The Morgan fingerprint density at radius 3 is 1.90 bits per heavy atom. The number of aryl methyl sites for hydroxylation is 3. The molecule has 3 aromatic carbocycles. The predicted octanol–water partition coefficient (Wildman–Crippen LogP) is 5.51. The Morgan fingerprint density at radius 1 is 0.862 bits per heavy atom. The largest absolute Gasteiger partial charge is 0.379 e. The zero-order chi connectivity index (χ0) is 20.4. The van der Waals surface area contributed by atoms with Gasteiger partial charge in [-0.1, -0.05) is 78.4 Å². The highest BCUT2D eigenvalue weighted by Crippen LogP contribution is 2.41. The fourth-order valence-electron chi connectivity index (χ4n) is 5.09. The smallest absolute Gasteiger partial charge is 0.130 e. The van der Waals surface area contributed by atoms with Gasteiger partial charge in [-0.15, -0.1) is 0 Å². The maximum absolute atomic E-state index is 12.2. The lowest BCUT2D eigenvalue weighted by Crippen LogP contribution is -2.48. The van der Waals surface area contributed by atoms with Gasteiger partial charge in [0.15, 0.2) is 0 Å². The zero-order valence-corrected chi connectivity index (χ0v) is 17.7. The van der Waals surface area contributed by atoms with Crippen molar-refractivity contribution in [3.05, 3.63) is 106 Å². The van der Waals surface area contributed by atoms with Gasteiger partial charge in [0.25, 0.3) is 0 Å². The standard InChI is InChI=1S/C27H31NO/c1-20-17-21(2)25(22(3)18-20)19-28-16-10-15-26(28)27(29,23-11-6-4-7-12-23)24-13-8-5-9-14-24/h4-9,11-14,17-18,26,29H,10,15-16,19H2,1-3H3/t26-/m0/s1. The maximum Gasteiger partial charge on any atom is 0.130 e. The second kappa shape index (κ2) is 8.14. The van der Waals surface area contributed by atoms with E-state index in [4.69, 9.17) is 0 Å². The average molecular weight is 386 g/mol.